The third-order valence-corrected chi connectivity index (χ3v) is 3.84. The third kappa shape index (κ3) is 4.43. The van der Waals surface area contributed by atoms with Gasteiger partial charge >= 0.3 is 0 Å². The quantitative estimate of drug-likeness (QED) is 0.694. The highest BCUT2D eigenvalue weighted by Gasteiger charge is 2.41. The molecule has 1 aliphatic carbocycles. The summed E-state index contributed by atoms with van der Waals surface area (Å²) in [4.78, 5) is 0. The Morgan fingerprint density at radius 1 is 1.16 bits per heavy atom. The lowest BCUT2D eigenvalue weighted by molar-refractivity contribution is 0.264. The summed E-state index contributed by atoms with van der Waals surface area (Å²) in [7, 11) is 1.68. The van der Waals surface area contributed by atoms with Crippen molar-refractivity contribution in [2.45, 2.75) is 32.6 Å². The Labute approximate surface area is 116 Å². The molecule has 0 aromatic heterocycles. The molecule has 3 heteroatoms. The van der Waals surface area contributed by atoms with E-state index in [1.54, 1.807) is 7.11 Å². The number of nitrogens with one attached hydrogen (secondary N) is 1. The van der Waals surface area contributed by atoms with Crippen LogP contribution < -0.4 is 14.8 Å². The monoisotopic (exact) mass is 263 g/mol. The second kappa shape index (κ2) is 6.80. The SMILES string of the molecule is CCCNCC1(CCOc2ccc(OC)cc2)CC1. The van der Waals surface area contributed by atoms with Crippen LogP contribution in [-0.4, -0.2) is 26.8 Å². The van der Waals surface area contributed by atoms with Crippen LogP contribution >= 0.6 is 0 Å². The van der Waals surface area contributed by atoms with E-state index in [1.807, 2.05) is 24.3 Å². The Morgan fingerprint density at radius 2 is 1.84 bits per heavy atom. The summed E-state index contributed by atoms with van der Waals surface area (Å²) in [6, 6.07) is 7.80. The van der Waals surface area contributed by atoms with Crippen LogP contribution in [0.25, 0.3) is 0 Å². The summed E-state index contributed by atoms with van der Waals surface area (Å²) in [5.41, 5.74) is 0.516. The van der Waals surface area contributed by atoms with Crippen molar-refractivity contribution in [3.63, 3.8) is 0 Å². The molecule has 1 fully saturated rings. The zero-order valence-corrected chi connectivity index (χ0v) is 12.1. The molecule has 0 saturated heterocycles. The fourth-order valence-corrected chi connectivity index (χ4v) is 2.28. The molecule has 19 heavy (non-hydrogen) atoms. The van der Waals surface area contributed by atoms with Gasteiger partial charge < -0.3 is 14.8 Å². The molecular weight excluding hydrogens is 238 g/mol. The van der Waals surface area contributed by atoms with E-state index in [2.05, 4.69) is 12.2 Å². The highest BCUT2D eigenvalue weighted by atomic mass is 16.5. The number of methoxy groups -OCH3 is 1. The fourth-order valence-electron chi connectivity index (χ4n) is 2.28. The third-order valence-electron chi connectivity index (χ3n) is 3.84. The molecule has 1 aliphatic rings. The molecule has 1 aromatic carbocycles. The average molecular weight is 263 g/mol. The second-order valence-electron chi connectivity index (χ2n) is 5.45. The number of hydrogen-bond acceptors (Lipinski definition) is 3. The zero-order valence-electron chi connectivity index (χ0n) is 12.1. The molecule has 106 valence electrons. The molecule has 0 unspecified atom stereocenters. The Hall–Kier alpha value is -1.22. The van der Waals surface area contributed by atoms with Gasteiger partial charge in [0.2, 0.25) is 0 Å². The van der Waals surface area contributed by atoms with E-state index in [0.29, 0.717) is 5.41 Å². The standard InChI is InChI=1S/C16H25NO2/c1-3-11-17-13-16(8-9-16)10-12-19-15-6-4-14(18-2)5-7-15/h4-7,17H,3,8-13H2,1-2H3. The van der Waals surface area contributed by atoms with E-state index in [0.717, 1.165) is 37.6 Å². The van der Waals surface area contributed by atoms with Crippen molar-refractivity contribution in [3.8, 4) is 11.5 Å². The Kier molecular flexibility index (Phi) is 5.08. The fraction of sp³-hybridized carbons (Fsp3) is 0.625. The van der Waals surface area contributed by atoms with Crippen LogP contribution in [0.5, 0.6) is 11.5 Å². The molecule has 1 aromatic rings. The van der Waals surface area contributed by atoms with E-state index in [1.165, 1.54) is 19.3 Å². The number of hydrogen-bond donors (Lipinski definition) is 1. The van der Waals surface area contributed by atoms with E-state index < -0.39 is 0 Å². The molecule has 3 nitrogen and oxygen atoms in total. The predicted molar refractivity (Wildman–Crippen MR) is 77.9 cm³/mol. The molecule has 0 aliphatic heterocycles. The minimum absolute atomic E-state index is 0.516. The molecule has 1 N–H and O–H groups in total. The first-order chi connectivity index (χ1) is 9.28. The van der Waals surface area contributed by atoms with Gasteiger partial charge in [-0.05, 0) is 61.9 Å². The minimum atomic E-state index is 0.516. The highest BCUT2D eigenvalue weighted by Crippen LogP contribution is 2.48. The molecule has 0 radical (unpaired) electrons. The number of rotatable bonds is 9. The first-order valence-electron chi connectivity index (χ1n) is 7.25. The van der Waals surface area contributed by atoms with Crippen molar-refractivity contribution < 1.29 is 9.47 Å². The normalized spacial score (nSPS) is 16.1. The first-order valence-corrected chi connectivity index (χ1v) is 7.25. The van der Waals surface area contributed by atoms with Crippen LogP contribution in [0.1, 0.15) is 32.6 Å². The van der Waals surface area contributed by atoms with Gasteiger partial charge in [-0.3, -0.25) is 0 Å². The Balaban J connectivity index is 1.68. The van der Waals surface area contributed by atoms with E-state index in [9.17, 15) is 0 Å². The molecule has 0 amide bonds. The molecule has 0 bridgehead atoms. The number of benzene rings is 1. The lowest BCUT2D eigenvalue weighted by Gasteiger charge is -2.16. The summed E-state index contributed by atoms with van der Waals surface area (Å²) in [6.07, 6.45) is 5.04. The van der Waals surface area contributed by atoms with Crippen molar-refractivity contribution in [1.82, 2.24) is 5.32 Å². The summed E-state index contributed by atoms with van der Waals surface area (Å²) < 4.78 is 10.9. The molecule has 0 atom stereocenters. The van der Waals surface area contributed by atoms with Crippen LogP contribution in [-0.2, 0) is 0 Å². The van der Waals surface area contributed by atoms with Gasteiger partial charge in [0.15, 0.2) is 0 Å². The van der Waals surface area contributed by atoms with Crippen molar-refractivity contribution in [3.05, 3.63) is 24.3 Å². The van der Waals surface area contributed by atoms with Crippen molar-refractivity contribution in [1.29, 1.82) is 0 Å². The summed E-state index contributed by atoms with van der Waals surface area (Å²) in [5, 5.41) is 3.53. The summed E-state index contributed by atoms with van der Waals surface area (Å²) >= 11 is 0. The van der Waals surface area contributed by atoms with E-state index in [4.69, 9.17) is 9.47 Å². The summed E-state index contributed by atoms with van der Waals surface area (Å²) in [5.74, 6) is 1.80. The lowest BCUT2D eigenvalue weighted by atomic mass is 10.0. The van der Waals surface area contributed by atoms with Gasteiger partial charge in [0.05, 0.1) is 13.7 Å². The molecular formula is C16H25NO2. The van der Waals surface area contributed by atoms with Crippen molar-refractivity contribution in [2.24, 2.45) is 5.41 Å². The van der Waals surface area contributed by atoms with E-state index >= 15 is 0 Å². The van der Waals surface area contributed by atoms with Gasteiger partial charge in [0.1, 0.15) is 11.5 Å². The van der Waals surface area contributed by atoms with Crippen LogP contribution in [0.3, 0.4) is 0 Å². The Morgan fingerprint density at radius 3 is 2.42 bits per heavy atom. The molecule has 2 rings (SSSR count). The van der Waals surface area contributed by atoms with Gasteiger partial charge in [-0.15, -0.1) is 0 Å². The van der Waals surface area contributed by atoms with Gasteiger partial charge in [-0.2, -0.15) is 0 Å². The van der Waals surface area contributed by atoms with Crippen molar-refractivity contribution >= 4 is 0 Å². The maximum absolute atomic E-state index is 5.80. The van der Waals surface area contributed by atoms with Gasteiger partial charge in [-0.25, -0.2) is 0 Å². The van der Waals surface area contributed by atoms with Crippen molar-refractivity contribution in [2.75, 3.05) is 26.8 Å². The smallest absolute Gasteiger partial charge is 0.119 e. The average Bonchev–Trinajstić information content (AvgIpc) is 3.20. The van der Waals surface area contributed by atoms with Crippen LogP contribution in [0.4, 0.5) is 0 Å². The molecule has 1 saturated carbocycles. The molecule has 0 heterocycles. The number of ether oxygens (including phenoxy) is 2. The maximum atomic E-state index is 5.80. The van der Waals surface area contributed by atoms with Gasteiger partial charge in [-0.1, -0.05) is 6.92 Å². The first kappa shape index (κ1) is 14.2. The second-order valence-corrected chi connectivity index (χ2v) is 5.45. The lowest BCUT2D eigenvalue weighted by Crippen LogP contribution is -2.26. The van der Waals surface area contributed by atoms with Gasteiger partial charge in [0, 0.05) is 6.54 Å². The maximum Gasteiger partial charge on any atom is 0.119 e. The highest BCUT2D eigenvalue weighted by molar-refractivity contribution is 5.31. The minimum Gasteiger partial charge on any atom is -0.497 e. The largest absolute Gasteiger partial charge is 0.497 e. The van der Waals surface area contributed by atoms with Crippen LogP contribution in [0, 0.1) is 5.41 Å². The predicted octanol–water partition coefficient (Wildman–Crippen LogP) is 3.24. The molecule has 0 spiro atoms. The summed E-state index contributed by atoms with van der Waals surface area (Å²) in [6.45, 7) is 5.29. The topological polar surface area (TPSA) is 30.5 Å². The zero-order chi connectivity index (χ0) is 13.6. The van der Waals surface area contributed by atoms with Crippen LogP contribution in [0.2, 0.25) is 0 Å². The van der Waals surface area contributed by atoms with Gasteiger partial charge in [0.25, 0.3) is 0 Å². The Bertz CT molecular complexity index is 371. The van der Waals surface area contributed by atoms with E-state index in [-0.39, 0.29) is 0 Å². The van der Waals surface area contributed by atoms with Crippen LogP contribution in [0.15, 0.2) is 24.3 Å².